The Morgan fingerprint density at radius 3 is 2.63 bits per heavy atom. The van der Waals surface area contributed by atoms with Crippen molar-refractivity contribution in [1.29, 1.82) is 0 Å². The molecule has 0 amide bonds. The van der Waals surface area contributed by atoms with Crippen LogP contribution in [0.4, 0.5) is 4.39 Å². The van der Waals surface area contributed by atoms with Crippen LogP contribution in [0.15, 0.2) is 57.9 Å². The van der Waals surface area contributed by atoms with E-state index in [0.717, 1.165) is 16.9 Å². The first-order valence-corrected chi connectivity index (χ1v) is 13.0. The van der Waals surface area contributed by atoms with E-state index >= 15 is 0 Å². The summed E-state index contributed by atoms with van der Waals surface area (Å²) in [6.07, 6.45) is 5.01. The first-order chi connectivity index (χ1) is 12.7. The number of alkyl halides is 1. The highest BCUT2D eigenvalue weighted by Gasteiger charge is 2.21. The molecule has 146 valence electrons. The monoisotopic (exact) mass is 492 g/mol. The van der Waals surface area contributed by atoms with Crippen molar-refractivity contribution >= 4 is 52.0 Å². The molecule has 2 rings (SSSR count). The predicted octanol–water partition coefficient (Wildman–Crippen LogP) is 5.06. The molecule has 0 saturated carbocycles. The first kappa shape index (κ1) is 22.5. The summed E-state index contributed by atoms with van der Waals surface area (Å²) in [5.41, 5.74) is 2.03. The molecule has 0 aromatic heterocycles. The maximum absolute atomic E-state index is 13.7. The third-order valence-electron chi connectivity index (χ3n) is 3.60. The Balaban J connectivity index is 1.90. The molecule has 0 spiro atoms. The molecule has 1 unspecified atom stereocenters. The summed E-state index contributed by atoms with van der Waals surface area (Å²) in [4.78, 5) is 18.3. The van der Waals surface area contributed by atoms with Crippen molar-refractivity contribution in [1.82, 2.24) is 0 Å². The molecule has 1 atom stereocenters. The fourth-order valence-electron chi connectivity index (χ4n) is 2.26. The van der Waals surface area contributed by atoms with Crippen LogP contribution in [-0.2, 0) is 15.6 Å². The summed E-state index contributed by atoms with van der Waals surface area (Å²) < 4.78 is 37.4. The molecule has 0 radical (unpaired) electrons. The van der Waals surface area contributed by atoms with Crippen LogP contribution in [0.3, 0.4) is 0 Å². The van der Waals surface area contributed by atoms with Crippen LogP contribution >= 0.6 is 36.1 Å². The van der Waals surface area contributed by atoms with Gasteiger partial charge < -0.3 is 9.79 Å². The van der Waals surface area contributed by atoms with Crippen LogP contribution in [0, 0.1) is 0 Å². The molecule has 0 aliphatic rings. The number of rotatable bonds is 8. The number of benzene rings is 2. The topological polar surface area (TPSA) is 74.6 Å². The first-order valence-electron chi connectivity index (χ1n) is 7.82. The minimum atomic E-state index is -3.22. The summed E-state index contributed by atoms with van der Waals surface area (Å²) in [6, 6.07) is 11.9. The van der Waals surface area contributed by atoms with Crippen LogP contribution in [0.25, 0.3) is 6.08 Å². The van der Waals surface area contributed by atoms with Gasteiger partial charge in [0.1, 0.15) is 0 Å². The highest BCUT2D eigenvalue weighted by Crippen LogP contribution is 2.47. The smallest absolute Gasteiger partial charge is 0.206 e. The average molecular weight is 493 g/mol. The van der Waals surface area contributed by atoms with E-state index < -0.39 is 24.1 Å². The van der Waals surface area contributed by atoms with E-state index in [-0.39, 0.29) is 5.56 Å². The van der Waals surface area contributed by atoms with Crippen LogP contribution in [0.1, 0.15) is 22.6 Å². The molecule has 27 heavy (non-hydrogen) atoms. The Labute approximate surface area is 172 Å². The predicted molar refractivity (Wildman–Crippen MR) is 114 cm³/mol. The molecule has 2 N–H and O–H groups in total. The lowest BCUT2D eigenvalue weighted by Gasteiger charge is -2.12. The Bertz CT molecular complexity index is 919. The van der Waals surface area contributed by atoms with Crippen molar-refractivity contribution in [2.24, 2.45) is 0 Å². The van der Waals surface area contributed by atoms with E-state index in [9.17, 15) is 12.8 Å². The maximum atomic E-state index is 13.7. The molecule has 0 heterocycles. The fourth-order valence-corrected chi connectivity index (χ4v) is 4.98. The maximum Gasteiger partial charge on any atom is 0.206 e. The van der Waals surface area contributed by atoms with Crippen molar-refractivity contribution in [3.63, 3.8) is 0 Å². The van der Waals surface area contributed by atoms with Gasteiger partial charge in [0.05, 0.1) is 4.90 Å². The van der Waals surface area contributed by atoms with Crippen molar-refractivity contribution in [3.05, 3.63) is 69.7 Å². The molecule has 0 bridgehead atoms. The molecule has 4 nitrogen and oxygen atoms in total. The number of hydrogen-bond acceptors (Lipinski definition) is 5. The van der Waals surface area contributed by atoms with Gasteiger partial charge in [-0.3, -0.25) is 0 Å². The van der Waals surface area contributed by atoms with Crippen molar-refractivity contribution < 1.29 is 22.6 Å². The van der Waals surface area contributed by atoms with Crippen LogP contribution in [-0.4, -0.2) is 30.2 Å². The Morgan fingerprint density at radius 2 is 2.00 bits per heavy atom. The second kappa shape index (κ2) is 10.1. The van der Waals surface area contributed by atoms with Gasteiger partial charge in [0, 0.05) is 27.8 Å². The van der Waals surface area contributed by atoms with Crippen molar-refractivity contribution in [2.75, 3.05) is 12.0 Å². The van der Waals surface area contributed by atoms with Gasteiger partial charge in [0.15, 0.2) is 15.8 Å². The highest BCUT2D eigenvalue weighted by atomic mass is 79.9. The lowest BCUT2D eigenvalue weighted by Crippen LogP contribution is -1.96. The standard InChI is InChI=1S/C18H19BrFO4PS2/c1-27(23,24)15-6-2-4-13(10-15)5-3-9-26-12-14-7-8-16(17(19)11-14)18(20)25(21)22/h2-8,10-11,18,21-22H,9,12H2,1H3/b5-3+. The largest absolute Gasteiger partial charge is 0.348 e. The lowest BCUT2D eigenvalue weighted by molar-refractivity contribution is 0.372. The zero-order valence-electron chi connectivity index (χ0n) is 14.4. The lowest BCUT2D eigenvalue weighted by atomic mass is 10.2. The summed E-state index contributed by atoms with van der Waals surface area (Å²) in [5, 5.41) is 0. The van der Waals surface area contributed by atoms with Gasteiger partial charge in [-0.25, -0.2) is 12.8 Å². The van der Waals surface area contributed by atoms with E-state index in [2.05, 4.69) is 15.9 Å². The zero-order valence-corrected chi connectivity index (χ0v) is 18.5. The van der Waals surface area contributed by atoms with Gasteiger partial charge in [0.25, 0.3) is 0 Å². The van der Waals surface area contributed by atoms with E-state index in [1.807, 2.05) is 18.2 Å². The zero-order chi connectivity index (χ0) is 20.0. The van der Waals surface area contributed by atoms with Gasteiger partial charge in [-0.2, -0.15) is 11.8 Å². The molecule has 9 heteroatoms. The Hall–Kier alpha value is -0.760. The van der Waals surface area contributed by atoms with Crippen LogP contribution in [0.5, 0.6) is 0 Å². The van der Waals surface area contributed by atoms with E-state index in [4.69, 9.17) is 9.79 Å². The Kier molecular flexibility index (Phi) is 8.46. The number of sulfone groups is 1. The van der Waals surface area contributed by atoms with Gasteiger partial charge in [0.2, 0.25) is 8.38 Å². The third kappa shape index (κ3) is 6.97. The molecule has 0 saturated heterocycles. The van der Waals surface area contributed by atoms with Crippen LogP contribution in [0.2, 0.25) is 0 Å². The quantitative estimate of drug-likeness (QED) is 0.397. The van der Waals surface area contributed by atoms with E-state index in [1.54, 1.807) is 48.2 Å². The number of hydrogen-bond donors (Lipinski definition) is 2. The minimum Gasteiger partial charge on any atom is -0.348 e. The molecular formula is C18H19BrFO4PS2. The highest BCUT2D eigenvalue weighted by molar-refractivity contribution is 9.10. The average Bonchev–Trinajstić information content (AvgIpc) is 2.60. The van der Waals surface area contributed by atoms with Crippen LogP contribution < -0.4 is 0 Å². The molecular weight excluding hydrogens is 474 g/mol. The van der Waals surface area contributed by atoms with Gasteiger partial charge in [-0.1, -0.05) is 52.3 Å². The Morgan fingerprint density at radius 1 is 1.26 bits per heavy atom. The number of thioether (sulfide) groups is 1. The van der Waals surface area contributed by atoms with Gasteiger partial charge in [-0.05, 0) is 29.3 Å². The van der Waals surface area contributed by atoms with E-state index in [1.165, 1.54) is 6.26 Å². The van der Waals surface area contributed by atoms with E-state index in [0.29, 0.717) is 15.1 Å². The third-order valence-corrected chi connectivity index (χ3v) is 7.05. The number of halogens is 2. The molecule has 0 aliphatic carbocycles. The second-order valence-corrected chi connectivity index (χ2v) is 10.8. The van der Waals surface area contributed by atoms with Gasteiger partial charge in [-0.15, -0.1) is 0 Å². The fraction of sp³-hybridized carbons (Fsp3) is 0.222. The summed E-state index contributed by atoms with van der Waals surface area (Å²) in [7, 11) is -5.88. The van der Waals surface area contributed by atoms with Crippen molar-refractivity contribution in [2.45, 2.75) is 16.6 Å². The second-order valence-electron chi connectivity index (χ2n) is 5.77. The molecule has 2 aromatic carbocycles. The molecule has 0 aliphatic heterocycles. The van der Waals surface area contributed by atoms with Gasteiger partial charge >= 0.3 is 0 Å². The van der Waals surface area contributed by atoms with Crippen molar-refractivity contribution in [3.8, 4) is 0 Å². The molecule has 2 aromatic rings. The SMILES string of the molecule is CS(=O)(=O)c1cccc(/C=C/CSCc2ccc(C(F)P(O)O)c(Br)c2)c1. The summed E-state index contributed by atoms with van der Waals surface area (Å²) >= 11 is 4.92. The summed E-state index contributed by atoms with van der Waals surface area (Å²) in [5.74, 6) is -0.356. The summed E-state index contributed by atoms with van der Waals surface area (Å²) in [6.45, 7) is 0. The minimum absolute atomic E-state index is 0.227. The normalized spacial score (nSPS) is 13.4. The molecule has 0 fully saturated rings.